The molecule has 0 saturated carbocycles. The smallest absolute Gasteiger partial charge is 0.328 e. The fourth-order valence-electron chi connectivity index (χ4n) is 1.68. The summed E-state index contributed by atoms with van der Waals surface area (Å²) in [6.45, 7) is 1.86. The lowest BCUT2D eigenvalue weighted by Gasteiger charge is -2.18. The Bertz CT molecular complexity index is 476. The molecule has 0 radical (unpaired) electrons. The highest BCUT2D eigenvalue weighted by atomic mass is 16.4. The van der Waals surface area contributed by atoms with E-state index in [-0.39, 0.29) is 0 Å². The first kappa shape index (κ1) is 15.9. The summed E-state index contributed by atoms with van der Waals surface area (Å²) in [5.74, 6) is -1.29. The summed E-state index contributed by atoms with van der Waals surface area (Å²) >= 11 is 0. The maximum absolute atomic E-state index is 11.8. The number of urea groups is 1. The molecule has 1 aromatic rings. The summed E-state index contributed by atoms with van der Waals surface area (Å²) in [5.41, 5.74) is 1.45. The van der Waals surface area contributed by atoms with Crippen LogP contribution in [-0.4, -0.2) is 41.4 Å². The van der Waals surface area contributed by atoms with E-state index < -0.39 is 24.1 Å². The third-order valence-electron chi connectivity index (χ3n) is 2.67. The maximum atomic E-state index is 11.8. The minimum Gasteiger partial charge on any atom is -0.480 e. The van der Waals surface area contributed by atoms with Crippen LogP contribution in [0.15, 0.2) is 24.3 Å². The zero-order valence-corrected chi connectivity index (χ0v) is 11.4. The molecule has 0 aliphatic heterocycles. The second-order valence-electron chi connectivity index (χ2n) is 4.34. The second kappa shape index (κ2) is 7.46. The summed E-state index contributed by atoms with van der Waals surface area (Å²) in [6.07, 6.45) is -1.19. The van der Waals surface area contributed by atoms with Gasteiger partial charge in [-0.3, -0.25) is 0 Å². The third kappa shape index (κ3) is 4.52. The van der Waals surface area contributed by atoms with Crippen molar-refractivity contribution in [3.63, 3.8) is 0 Å². The van der Waals surface area contributed by atoms with Crippen molar-refractivity contribution in [2.24, 2.45) is 0 Å². The van der Waals surface area contributed by atoms with E-state index in [1.54, 1.807) is 19.2 Å². The molecule has 0 aliphatic carbocycles. The number of carboxylic acids is 1. The number of amides is 2. The van der Waals surface area contributed by atoms with Gasteiger partial charge >= 0.3 is 12.0 Å². The van der Waals surface area contributed by atoms with Gasteiger partial charge < -0.3 is 26.2 Å². The molecule has 0 spiro atoms. The lowest BCUT2D eigenvalue weighted by Crippen LogP contribution is -2.49. The molecule has 7 heteroatoms. The highest BCUT2D eigenvalue weighted by molar-refractivity contribution is 5.93. The second-order valence-corrected chi connectivity index (χ2v) is 4.34. The molecule has 20 heavy (non-hydrogen) atoms. The fourth-order valence-corrected chi connectivity index (χ4v) is 1.68. The number of hydrogen-bond acceptors (Lipinski definition) is 4. The summed E-state index contributed by atoms with van der Waals surface area (Å²) in [5, 5.41) is 25.9. The van der Waals surface area contributed by atoms with Crippen molar-refractivity contribution in [3.05, 3.63) is 29.8 Å². The van der Waals surface area contributed by atoms with Crippen LogP contribution < -0.4 is 16.0 Å². The van der Waals surface area contributed by atoms with E-state index in [1.165, 1.54) is 6.92 Å². The molecule has 0 bridgehead atoms. The SMILES string of the molecule is CNCc1ccccc1NC(=O)N[C@H](C(=O)O)[C@@H](C)O. The quantitative estimate of drug-likeness (QED) is 0.517. The summed E-state index contributed by atoms with van der Waals surface area (Å²) in [7, 11) is 1.78. The van der Waals surface area contributed by atoms with E-state index in [0.717, 1.165) is 5.56 Å². The molecule has 0 aliphatic rings. The number of carbonyl (C=O) groups excluding carboxylic acids is 1. The van der Waals surface area contributed by atoms with Gasteiger partial charge in [0.25, 0.3) is 0 Å². The van der Waals surface area contributed by atoms with Gasteiger partial charge in [-0.05, 0) is 25.6 Å². The highest BCUT2D eigenvalue weighted by Crippen LogP contribution is 2.14. The van der Waals surface area contributed by atoms with Crippen molar-refractivity contribution in [1.29, 1.82) is 0 Å². The van der Waals surface area contributed by atoms with E-state index in [4.69, 9.17) is 5.11 Å². The molecule has 2 atom stereocenters. The van der Waals surface area contributed by atoms with Gasteiger partial charge in [-0.25, -0.2) is 9.59 Å². The van der Waals surface area contributed by atoms with Crippen molar-refractivity contribution < 1.29 is 19.8 Å². The Morgan fingerprint density at radius 2 is 1.95 bits per heavy atom. The van der Waals surface area contributed by atoms with E-state index >= 15 is 0 Å². The van der Waals surface area contributed by atoms with Gasteiger partial charge in [0.15, 0.2) is 6.04 Å². The van der Waals surface area contributed by atoms with Crippen LogP contribution in [0.25, 0.3) is 0 Å². The number of rotatable bonds is 6. The summed E-state index contributed by atoms with van der Waals surface area (Å²) < 4.78 is 0. The molecule has 0 saturated heterocycles. The molecule has 0 aromatic heterocycles. The first-order valence-corrected chi connectivity index (χ1v) is 6.16. The van der Waals surface area contributed by atoms with Crippen LogP contribution >= 0.6 is 0 Å². The molecule has 1 rings (SSSR count). The average molecular weight is 281 g/mol. The first-order valence-electron chi connectivity index (χ1n) is 6.16. The van der Waals surface area contributed by atoms with Gasteiger partial charge in [0.05, 0.1) is 6.10 Å². The predicted octanol–water partition coefficient (Wildman–Crippen LogP) is 0.361. The number of benzene rings is 1. The number of aliphatic hydroxyl groups excluding tert-OH is 1. The van der Waals surface area contributed by atoms with Crippen LogP contribution in [0.2, 0.25) is 0 Å². The number of aliphatic hydroxyl groups is 1. The minimum atomic E-state index is -1.36. The Kier molecular flexibility index (Phi) is 5.95. The van der Waals surface area contributed by atoms with Crippen LogP contribution in [0.3, 0.4) is 0 Å². The largest absolute Gasteiger partial charge is 0.480 e. The zero-order chi connectivity index (χ0) is 15.1. The van der Waals surface area contributed by atoms with Gasteiger partial charge in [-0.2, -0.15) is 0 Å². The van der Waals surface area contributed by atoms with E-state index in [1.807, 2.05) is 12.1 Å². The normalized spacial score (nSPS) is 13.3. The molecule has 2 amide bonds. The molecule has 0 fully saturated rings. The van der Waals surface area contributed by atoms with Crippen LogP contribution in [0, 0.1) is 0 Å². The summed E-state index contributed by atoms with van der Waals surface area (Å²) in [4.78, 5) is 22.7. The van der Waals surface area contributed by atoms with Crippen molar-refractivity contribution in [2.45, 2.75) is 25.6 Å². The Morgan fingerprint density at radius 1 is 1.30 bits per heavy atom. The number of nitrogens with one attached hydrogen (secondary N) is 3. The molecular formula is C13H19N3O4. The van der Waals surface area contributed by atoms with Crippen molar-refractivity contribution >= 4 is 17.7 Å². The number of hydrogen-bond donors (Lipinski definition) is 5. The molecule has 0 heterocycles. The Labute approximate surface area is 117 Å². The molecule has 5 N–H and O–H groups in total. The number of carboxylic acid groups (broad SMARTS) is 1. The van der Waals surface area contributed by atoms with Crippen LogP contribution in [0.5, 0.6) is 0 Å². The number of carbonyl (C=O) groups is 2. The van der Waals surface area contributed by atoms with Gasteiger partial charge in [0, 0.05) is 12.2 Å². The van der Waals surface area contributed by atoms with Gasteiger partial charge in [0.1, 0.15) is 0 Å². The minimum absolute atomic E-state index is 0.565. The van der Waals surface area contributed by atoms with Gasteiger partial charge in [-0.1, -0.05) is 18.2 Å². The lowest BCUT2D eigenvalue weighted by atomic mass is 10.1. The zero-order valence-electron chi connectivity index (χ0n) is 11.4. The molecule has 110 valence electrons. The van der Waals surface area contributed by atoms with Crippen molar-refractivity contribution in [1.82, 2.24) is 10.6 Å². The molecular weight excluding hydrogens is 262 g/mol. The first-order chi connectivity index (χ1) is 9.45. The fraction of sp³-hybridized carbons (Fsp3) is 0.385. The monoisotopic (exact) mass is 281 g/mol. The van der Waals surface area contributed by atoms with E-state index in [2.05, 4.69) is 16.0 Å². The maximum Gasteiger partial charge on any atom is 0.328 e. The topological polar surface area (TPSA) is 111 Å². The van der Waals surface area contributed by atoms with Crippen molar-refractivity contribution in [3.8, 4) is 0 Å². The molecule has 0 unspecified atom stereocenters. The van der Waals surface area contributed by atoms with Crippen LogP contribution in [0.1, 0.15) is 12.5 Å². The Balaban J connectivity index is 2.73. The van der Waals surface area contributed by atoms with Crippen LogP contribution in [-0.2, 0) is 11.3 Å². The van der Waals surface area contributed by atoms with Crippen molar-refractivity contribution in [2.75, 3.05) is 12.4 Å². The number of aliphatic carboxylic acids is 1. The summed E-state index contributed by atoms with van der Waals surface area (Å²) in [6, 6.07) is 5.12. The number of para-hydroxylation sites is 1. The Hall–Kier alpha value is -2.12. The third-order valence-corrected chi connectivity index (χ3v) is 2.67. The molecule has 1 aromatic carbocycles. The lowest BCUT2D eigenvalue weighted by molar-refractivity contribution is -0.141. The van der Waals surface area contributed by atoms with Gasteiger partial charge in [-0.15, -0.1) is 0 Å². The van der Waals surface area contributed by atoms with E-state index in [9.17, 15) is 14.7 Å². The number of anilines is 1. The average Bonchev–Trinajstić information content (AvgIpc) is 2.38. The van der Waals surface area contributed by atoms with E-state index in [0.29, 0.717) is 12.2 Å². The van der Waals surface area contributed by atoms with Crippen LogP contribution in [0.4, 0.5) is 10.5 Å². The van der Waals surface area contributed by atoms with Gasteiger partial charge in [0.2, 0.25) is 0 Å². The molecule has 7 nitrogen and oxygen atoms in total. The standard InChI is InChI=1S/C13H19N3O4/c1-8(17)11(12(18)19)16-13(20)15-10-6-4-3-5-9(10)7-14-2/h3-6,8,11,14,17H,7H2,1-2H3,(H,18,19)(H2,15,16,20)/t8-,11+/m1/s1. The Morgan fingerprint density at radius 3 is 2.50 bits per heavy atom. The highest BCUT2D eigenvalue weighted by Gasteiger charge is 2.25. The predicted molar refractivity (Wildman–Crippen MR) is 74.5 cm³/mol.